The number of piperidine rings is 1. The number of hydrogen-bond donors (Lipinski definition) is 1. The van der Waals surface area contributed by atoms with Crippen LogP contribution in [0.3, 0.4) is 0 Å². The molecule has 1 N–H and O–H groups in total. The number of nitrogens with zero attached hydrogens (tertiary/aromatic N) is 2. The number of nitrogens with one attached hydrogen (secondary N) is 1. The normalized spacial score (nSPS) is 18.2. The molecule has 22 heavy (non-hydrogen) atoms. The van der Waals surface area contributed by atoms with Crippen LogP contribution in [0.5, 0.6) is 0 Å². The van der Waals surface area contributed by atoms with Gasteiger partial charge in [0.15, 0.2) is 0 Å². The molecule has 0 bridgehead atoms. The lowest BCUT2D eigenvalue weighted by atomic mass is 10.00. The van der Waals surface area contributed by atoms with Crippen LogP contribution in [0.1, 0.15) is 28.8 Å². The number of likely N-dealkylation sites (tertiary alicyclic amines) is 1. The average Bonchev–Trinajstić information content (AvgIpc) is 2.52. The zero-order valence-corrected chi connectivity index (χ0v) is 14.7. The van der Waals surface area contributed by atoms with Crippen molar-refractivity contribution in [3.8, 4) is 0 Å². The molecule has 0 aliphatic carbocycles. The molecule has 1 atom stereocenters. The van der Waals surface area contributed by atoms with Crippen LogP contribution in [-0.2, 0) is 6.42 Å². The van der Waals surface area contributed by atoms with E-state index < -0.39 is 0 Å². The van der Waals surface area contributed by atoms with E-state index in [4.69, 9.17) is 0 Å². The fraction of sp³-hybridized carbons (Fsp3) is 0.588. The van der Waals surface area contributed by atoms with Gasteiger partial charge in [-0.2, -0.15) is 0 Å². The summed E-state index contributed by atoms with van der Waals surface area (Å²) in [5, 5.41) is 3.15. The van der Waals surface area contributed by atoms with Crippen LogP contribution >= 0.6 is 12.4 Å². The van der Waals surface area contributed by atoms with Crippen molar-refractivity contribution >= 4 is 18.3 Å². The van der Waals surface area contributed by atoms with Gasteiger partial charge in [0, 0.05) is 24.7 Å². The lowest BCUT2D eigenvalue weighted by Gasteiger charge is -2.36. The van der Waals surface area contributed by atoms with Crippen LogP contribution in [0.25, 0.3) is 0 Å². The molecule has 1 fully saturated rings. The molecule has 1 heterocycles. The molecule has 0 radical (unpaired) electrons. The van der Waals surface area contributed by atoms with Gasteiger partial charge in [0.25, 0.3) is 5.91 Å². The summed E-state index contributed by atoms with van der Waals surface area (Å²) >= 11 is 0. The summed E-state index contributed by atoms with van der Waals surface area (Å²) in [6.45, 7) is 2.61. The number of amides is 1. The van der Waals surface area contributed by atoms with Crippen LogP contribution in [0, 0.1) is 0 Å². The third-order valence-corrected chi connectivity index (χ3v) is 4.31. The quantitative estimate of drug-likeness (QED) is 0.900. The SMILES string of the molecule is CNCCc1ccccc1C(=O)N1CCCC(N(C)C)C1.Cl. The highest BCUT2D eigenvalue weighted by Crippen LogP contribution is 2.18. The van der Waals surface area contributed by atoms with Crippen LogP contribution in [0.15, 0.2) is 24.3 Å². The molecule has 1 unspecified atom stereocenters. The summed E-state index contributed by atoms with van der Waals surface area (Å²) < 4.78 is 0. The second kappa shape index (κ2) is 9.13. The van der Waals surface area contributed by atoms with Crippen molar-refractivity contribution in [3.05, 3.63) is 35.4 Å². The van der Waals surface area contributed by atoms with Crippen LogP contribution in [0.4, 0.5) is 0 Å². The van der Waals surface area contributed by atoms with Gasteiger partial charge in [-0.1, -0.05) is 18.2 Å². The lowest BCUT2D eigenvalue weighted by Crippen LogP contribution is -2.47. The minimum absolute atomic E-state index is 0. The van der Waals surface area contributed by atoms with Crippen LogP contribution in [-0.4, -0.2) is 62.5 Å². The van der Waals surface area contributed by atoms with Crippen molar-refractivity contribution in [3.63, 3.8) is 0 Å². The fourth-order valence-electron chi connectivity index (χ4n) is 2.94. The standard InChI is InChI=1S/C17H27N3O.ClH/c1-18-11-10-14-7-4-5-9-16(14)17(21)20-12-6-8-15(13-20)19(2)3;/h4-5,7,9,15,18H,6,8,10-13H2,1-3H3;1H. The first kappa shape index (κ1) is 18.9. The number of carbonyl (C=O) groups is 1. The summed E-state index contributed by atoms with van der Waals surface area (Å²) in [7, 11) is 6.13. The summed E-state index contributed by atoms with van der Waals surface area (Å²) in [5.74, 6) is 0.188. The first-order valence-corrected chi connectivity index (χ1v) is 7.81. The Labute approximate surface area is 140 Å². The lowest BCUT2D eigenvalue weighted by molar-refractivity contribution is 0.0634. The van der Waals surface area contributed by atoms with Crippen molar-refractivity contribution in [1.82, 2.24) is 15.1 Å². The van der Waals surface area contributed by atoms with Gasteiger partial charge in [0.2, 0.25) is 0 Å². The van der Waals surface area contributed by atoms with Gasteiger partial charge in [-0.25, -0.2) is 0 Å². The summed E-state index contributed by atoms with van der Waals surface area (Å²) in [4.78, 5) is 17.1. The first-order valence-electron chi connectivity index (χ1n) is 7.81. The number of likely N-dealkylation sites (N-methyl/N-ethyl adjacent to an activating group) is 2. The Kier molecular flexibility index (Phi) is 7.87. The second-order valence-corrected chi connectivity index (χ2v) is 6.02. The summed E-state index contributed by atoms with van der Waals surface area (Å²) in [6, 6.07) is 8.49. The molecule has 0 spiro atoms. The highest BCUT2D eigenvalue weighted by atomic mass is 35.5. The Morgan fingerprint density at radius 2 is 2.09 bits per heavy atom. The van der Waals surface area contributed by atoms with E-state index >= 15 is 0 Å². The molecule has 0 saturated carbocycles. The van der Waals surface area contributed by atoms with E-state index in [1.165, 1.54) is 6.42 Å². The number of benzene rings is 1. The molecule has 1 saturated heterocycles. The number of carbonyl (C=O) groups excluding carboxylic acids is 1. The molecule has 0 aromatic heterocycles. The van der Waals surface area contributed by atoms with E-state index in [1.807, 2.05) is 30.1 Å². The van der Waals surface area contributed by atoms with Crippen LogP contribution in [0.2, 0.25) is 0 Å². The third-order valence-electron chi connectivity index (χ3n) is 4.31. The second-order valence-electron chi connectivity index (χ2n) is 6.02. The molecule has 4 nitrogen and oxygen atoms in total. The van der Waals surface area contributed by atoms with E-state index in [2.05, 4.69) is 30.4 Å². The molecule has 1 aliphatic heterocycles. The maximum Gasteiger partial charge on any atom is 0.254 e. The minimum atomic E-state index is 0. The summed E-state index contributed by atoms with van der Waals surface area (Å²) in [5.41, 5.74) is 2.01. The monoisotopic (exact) mass is 325 g/mol. The van der Waals surface area contributed by atoms with Gasteiger partial charge in [-0.05, 0) is 58.6 Å². The molecule has 5 heteroatoms. The molecule has 1 aliphatic rings. The molecule has 124 valence electrons. The van der Waals surface area contributed by atoms with Gasteiger partial charge in [0.05, 0.1) is 0 Å². The van der Waals surface area contributed by atoms with E-state index in [1.54, 1.807) is 0 Å². The summed E-state index contributed by atoms with van der Waals surface area (Å²) in [6.07, 6.45) is 3.16. The van der Waals surface area contributed by atoms with Gasteiger partial charge in [0.1, 0.15) is 0 Å². The Bertz CT molecular complexity index is 479. The number of rotatable bonds is 5. The maximum absolute atomic E-state index is 12.8. The highest BCUT2D eigenvalue weighted by molar-refractivity contribution is 5.95. The van der Waals surface area contributed by atoms with Crippen molar-refractivity contribution in [2.45, 2.75) is 25.3 Å². The Morgan fingerprint density at radius 1 is 1.36 bits per heavy atom. The smallest absolute Gasteiger partial charge is 0.254 e. The average molecular weight is 326 g/mol. The molecule has 1 aromatic rings. The zero-order valence-electron chi connectivity index (χ0n) is 13.8. The van der Waals surface area contributed by atoms with Crippen LogP contribution < -0.4 is 5.32 Å². The first-order chi connectivity index (χ1) is 10.1. The zero-order chi connectivity index (χ0) is 15.2. The van der Waals surface area contributed by atoms with E-state index in [0.29, 0.717) is 6.04 Å². The predicted octanol–water partition coefficient (Wildman–Crippen LogP) is 2.04. The van der Waals surface area contributed by atoms with Gasteiger partial charge in [-0.15, -0.1) is 12.4 Å². The Morgan fingerprint density at radius 3 is 2.77 bits per heavy atom. The molecule has 2 rings (SSSR count). The van der Waals surface area contributed by atoms with Crippen molar-refractivity contribution in [2.24, 2.45) is 0 Å². The van der Waals surface area contributed by atoms with Crippen molar-refractivity contribution in [2.75, 3.05) is 40.8 Å². The predicted molar refractivity (Wildman–Crippen MR) is 93.9 cm³/mol. The molecular weight excluding hydrogens is 298 g/mol. The highest BCUT2D eigenvalue weighted by Gasteiger charge is 2.26. The Hall–Kier alpha value is -1.10. The van der Waals surface area contributed by atoms with E-state index in [9.17, 15) is 4.79 Å². The Balaban J connectivity index is 0.00000242. The minimum Gasteiger partial charge on any atom is -0.337 e. The van der Waals surface area contributed by atoms with Gasteiger partial charge >= 0.3 is 0 Å². The molecular formula is C17H28ClN3O. The van der Waals surface area contributed by atoms with E-state index in [-0.39, 0.29) is 18.3 Å². The number of halogens is 1. The van der Waals surface area contributed by atoms with Gasteiger partial charge in [-0.3, -0.25) is 4.79 Å². The molecule has 1 amide bonds. The number of hydrogen-bond acceptors (Lipinski definition) is 3. The van der Waals surface area contributed by atoms with Gasteiger partial charge < -0.3 is 15.1 Å². The van der Waals surface area contributed by atoms with Crippen molar-refractivity contribution < 1.29 is 4.79 Å². The fourth-order valence-corrected chi connectivity index (χ4v) is 2.94. The largest absolute Gasteiger partial charge is 0.337 e. The van der Waals surface area contributed by atoms with Crippen molar-refractivity contribution in [1.29, 1.82) is 0 Å². The third kappa shape index (κ3) is 4.70. The topological polar surface area (TPSA) is 35.6 Å². The maximum atomic E-state index is 12.8. The molecule has 1 aromatic carbocycles. The van der Waals surface area contributed by atoms with E-state index in [0.717, 1.165) is 43.6 Å².